The van der Waals surface area contributed by atoms with Gasteiger partial charge >= 0.3 is 11.9 Å². The molecule has 2 N–H and O–H groups in total. The van der Waals surface area contributed by atoms with E-state index in [0.29, 0.717) is 24.9 Å². The first-order chi connectivity index (χ1) is 14.6. The molecule has 1 fully saturated rings. The Labute approximate surface area is 186 Å². The van der Waals surface area contributed by atoms with Gasteiger partial charge in [-0.1, -0.05) is 13.8 Å². The highest BCUT2D eigenvalue weighted by atomic mass is 32.1. The zero-order chi connectivity index (χ0) is 22.8. The van der Waals surface area contributed by atoms with Crippen molar-refractivity contribution in [1.82, 2.24) is 4.98 Å². The number of carbonyl (C=O) groups is 2. The minimum atomic E-state index is -0.558. The van der Waals surface area contributed by atoms with Gasteiger partial charge in [-0.15, -0.1) is 11.3 Å². The first-order valence-corrected chi connectivity index (χ1v) is 11.0. The van der Waals surface area contributed by atoms with Crippen LogP contribution in [0.5, 0.6) is 0 Å². The lowest BCUT2D eigenvalue weighted by Crippen LogP contribution is -2.46. The third-order valence-corrected chi connectivity index (χ3v) is 7.27. The normalized spacial score (nSPS) is 22.7. The number of thiazole rings is 1. The number of aromatic nitrogens is 1. The molecule has 1 aliphatic rings. The van der Waals surface area contributed by atoms with E-state index in [0.717, 1.165) is 21.0 Å². The van der Waals surface area contributed by atoms with Gasteiger partial charge in [0, 0.05) is 25.9 Å². The van der Waals surface area contributed by atoms with Crippen LogP contribution >= 0.6 is 11.3 Å². The van der Waals surface area contributed by atoms with Crippen LogP contribution in [0.3, 0.4) is 0 Å². The van der Waals surface area contributed by atoms with Gasteiger partial charge in [0.15, 0.2) is 0 Å². The van der Waals surface area contributed by atoms with Gasteiger partial charge in [-0.2, -0.15) is 0 Å². The molecule has 0 radical (unpaired) electrons. The van der Waals surface area contributed by atoms with Crippen LogP contribution in [0.25, 0.3) is 10.4 Å². The van der Waals surface area contributed by atoms with Gasteiger partial charge in [-0.3, -0.25) is 9.59 Å². The number of ether oxygens (including phenoxy) is 3. The van der Waals surface area contributed by atoms with Crippen LogP contribution in [0, 0.1) is 11.3 Å². The molecule has 168 valence electrons. The maximum absolute atomic E-state index is 12.2. The van der Waals surface area contributed by atoms with Crippen molar-refractivity contribution >= 4 is 29.0 Å². The Morgan fingerprint density at radius 1 is 1.26 bits per heavy atom. The van der Waals surface area contributed by atoms with E-state index < -0.39 is 5.60 Å². The summed E-state index contributed by atoms with van der Waals surface area (Å²) in [4.78, 5) is 29.0. The van der Waals surface area contributed by atoms with Crippen molar-refractivity contribution in [2.45, 2.75) is 52.2 Å². The van der Waals surface area contributed by atoms with E-state index in [9.17, 15) is 9.59 Å². The van der Waals surface area contributed by atoms with Gasteiger partial charge in [-0.05, 0) is 54.0 Å². The Kier molecular flexibility index (Phi) is 6.71. The summed E-state index contributed by atoms with van der Waals surface area (Å²) in [5.41, 5.74) is 7.56. The molecule has 2 unspecified atom stereocenters. The quantitative estimate of drug-likeness (QED) is 0.521. The van der Waals surface area contributed by atoms with E-state index in [1.165, 1.54) is 14.0 Å². The molecule has 0 aliphatic heterocycles. The highest BCUT2D eigenvalue weighted by molar-refractivity contribution is 7.15. The monoisotopic (exact) mass is 446 g/mol. The lowest BCUT2D eigenvalue weighted by atomic mass is 9.63. The second-order valence-corrected chi connectivity index (χ2v) is 9.78. The Hall–Kier alpha value is -2.45. The third kappa shape index (κ3) is 4.91. The molecule has 7 nitrogen and oxygen atoms in total. The van der Waals surface area contributed by atoms with Crippen molar-refractivity contribution in [2.24, 2.45) is 11.3 Å². The number of benzene rings is 1. The first kappa shape index (κ1) is 23.2. The van der Waals surface area contributed by atoms with E-state index in [4.69, 9.17) is 24.9 Å². The average Bonchev–Trinajstić information content (AvgIpc) is 3.21. The predicted octanol–water partition coefficient (Wildman–Crippen LogP) is 4.30. The number of nitrogens with two attached hydrogens (primary N) is 1. The zero-order valence-electron chi connectivity index (χ0n) is 18.7. The molecule has 0 bridgehead atoms. The van der Waals surface area contributed by atoms with E-state index in [-0.39, 0.29) is 29.9 Å². The summed E-state index contributed by atoms with van der Waals surface area (Å²) >= 11 is 1.56. The molecule has 2 atom stereocenters. The van der Waals surface area contributed by atoms with Gasteiger partial charge in [-0.25, -0.2) is 4.98 Å². The lowest BCUT2D eigenvalue weighted by Gasteiger charge is -2.46. The summed E-state index contributed by atoms with van der Waals surface area (Å²) in [6.45, 7) is 5.71. The summed E-state index contributed by atoms with van der Waals surface area (Å²) in [6.07, 6.45) is 3.85. The summed E-state index contributed by atoms with van der Waals surface area (Å²) in [7, 11) is 3.14. The summed E-state index contributed by atoms with van der Waals surface area (Å²) in [6, 6.07) is 5.63. The molecule has 1 aromatic carbocycles. The number of nitrogen functional groups attached to an aromatic ring is 1. The molecule has 0 spiro atoms. The molecule has 1 heterocycles. The van der Waals surface area contributed by atoms with Gasteiger partial charge in [0.2, 0.25) is 0 Å². The van der Waals surface area contributed by atoms with Crippen LogP contribution in [0.2, 0.25) is 0 Å². The fourth-order valence-electron chi connectivity index (χ4n) is 4.49. The molecule has 0 amide bonds. The number of anilines is 1. The number of esters is 2. The molecule has 31 heavy (non-hydrogen) atoms. The standard InChI is InChI=1S/C23H30N2O5S/c1-14(26)30-12-15-8-16(10-17(24)9-15)19-11-25-21(31-19)23(29-5)7-6-18(20(27)28-4)22(2,3)13-23/h8-11,18H,6-7,12-13,24H2,1-5H3. The number of rotatable bonds is 6. The molecule has 8 heteroatoms. The van der Waals surface area contributed by atoms with Crippen molar-refractivity contribution in [1.29, 1.82) is 0 Å². The van der Waals surface area contributed by atoms with Crippen molar-refractivity contribution in [3.05, 3.63) is 35.0 Å². The fourth-order valence-corrected chi connectivity index (χ4v) is 5.58. The summed E-state index contributed by atoms with van der Waals surface area (Å²) in [5.74, 6) is -0.677. The van der Waals surface area contributed by atoms with Gasteiger partial charge < -0.3 is 19.9 Å². The smallest absolute Gasteiger partial charge is 0.309 e. The molecule has 2 aromatic rings. The van der Waals surface area contributed by atoms with Crippen LogP contribution in [0.15, 0.2) is 24.4 Å². The maximum Gasteiger partial charge on any atom is 0.309 e. The Balaban J connectivity index is 1.89. The molecular weight excluding hydrogens is 416 g/mol. The average molecular weight is 447 g/mol. The minimum Gasteiger partial charge on any atom is -0.469 e. The number of carbonyl (C=O) groups excluding carboxylic acids is 2. The van der Waals surface area contributed by atoms with Crippen LogP contribution in [0.4, 0.5) is 5.69 Å². The van der Waals surface area contributed by atoms with E-state index in [2.05, 4.69) is 13.8 Å². The minimum absolute atomic E-state index is 0.169. The number of methoxy groups -OCH3 is 2. The van der Waals surface area contributed by atoms with Crippen molar-refractivity contribution in [3.8, 4) is 10.4 Å². The van der Waals surface area contributed by atoms with Gasteiger partial charge in [0.05, 0.1) is 17.9 Å². The predicted molar refractivity (Wildman–Crippen MR) is 119 cm³/mol. The van der Waals surface area contributed by atoms with Crippen LogP contribution in [0.1, 0.15) is 50.6 Å². The van der Waals surface area contributed by atoms with Crippen molar-refractivity contribution in [2.75, 3.05) is 20.0 Å². The fraction of sp³-hybridized carbons (Fsp3) is 0.522. The molecule has 1 aliphatic carbocycles. The second kappa shape index (κ2) is 8.96. The Morgan fingerprint density at radius 3 is 2.61 bits per heavy atom. The highest BCUT2D eigenvalue weighted by Crippen LogP contribution is 2.52. The first-order valence-electron chi connectivity index (χ1n) is 10.2. The molecule has 1 aromatic heterocycles. The third-order valence-electron chi connectivity index (χ3n) is 6.03. The van der Waals surface area contributed by atoms with Crippen LogP contribution in [-0.4, -0.2) is 31.1 Å². The van der Waals surface area contributed by atoms with Crippen molar-refractivity contribution in [3.63, 3.8) is 0 Å². The largest absolute Gasteiger partial charge is 0.469 e. The van der Waals surface area contributed by atoms with Gasteiger partial charge in [0.25, 0.3) is 0 Å². The number of hydrogen-bond acceptors (Lipinski definition) is 8. The Bertz CT molecular complexity index is 971. The van der Waals surface area contributed by atoms with Gasteiger partial charge in [0.1, 0.15) is 17.2 Å². The van der Waals surface area contributed by atoms with E-state index in [1.807, 2.05) is 18.3 Å². The molecule has 0 saturated heterocycles. The number of nitrogens with zero attached hydrogens (tertiary/aromatic N) is 1. The lowest BCUT2D eigenvalue weighted by molar-refractivity contribution is -0.160. The topological polar surface area (TPSA) is 101 Å². The van der Waals surface area contributed by atoms with Crippen LogP contribution < -0.4 is 5.73 Å². The maximum atomic E-state index is 12.2. The van der Waals surface area contributed by atoms with Crippen LogP contribution in [-0.2, 0) is 36.0 Å². The molecule has 3 rings (SSSR count). The zero-order valence-corrected chi connectivity index (χ0v) is 19.5. The molecule has 1 saturated carbocycles. The Morgan fingerprint density at radius 2 is 2.00 bits per heavy atom. The SMILES string of the molecule is COC(=O)C1CCC(OC)(c2ncc(-c3cc(N)cc(COC(C)=O)c3)s2)CC1(C)C. The van der Waals surface area contributed by atoms with E-state index >= 15 is 0 Å². The van der Waals surface area contributed by atoms with E-state index in [1.54, 1.807) is 24.5 Å². The number of hydrogen-bond donors (Lipinski definition) is 1. The van der Waals surface area contributed by atoms with Crippen molar-refractivity contribution < 1.29 is 23.8 Å². The highest BCUT2D eigenvalue weighted by Gasteiger charge is 2.50. The molecular formula is C23H30N2O5S. The summed E-state index contributed by atoms with van der Waals surface area (Å²) < 4.78 is 16.2. The second-order valence-electron chi connectivity index (χ2n) is 8.75. The summed E-state index contributed by atoms with van der Waals surface area (Å²) in [5, 5.41) is 0.880.